The van der Waals surface area contributed by atoms with Crippen LogP contribution in [-0.2, 0) is 14.8 Å². The Morgan fingerprint density at radius 3 is 2.26 bits per heavy atom. The van der Waals surface area contributed by atoms with Gasteiger partial charge in [-0.25, -0.2) is 17.9 Å². The molecule has 0 aliphatic carbocycles. The van der Waals surface area contributed by atoms with Gasteiger partial charge < -0.3 is 5.73 Å². The average molecular weight is 284 g/mol. The molecule has 0 radical (unpaired) electrons. The maximum atomic E-state index is 13.4. The zero-order valence-electron chi connectivity index (χ0n) is 10.1. The van der Waals surface area contributed by atoms with E-state index in [0.29, 0.717) is 5.56 Å². The average Bonchev–Trinajstić information content (AvgIpc) is 2.34. The smallest absolute Gasteiger partial charge is 0.238 e. The van der Waals surface area contributed by atoms with E-state index in [1.165, 1.54) is 31.2 Å². The lowest BCUT2D eigenvalue weighted by atomic mass is 10.1. The van der Waals surface area contributed by atoms with E-state index in [0.717, 1.165) is 0 Å². The van der Waals surface area contributed by atoms with Crippen LogP contribution in [0.1, 0.15) is 12.5 Å². The highest BCUT2D eigenvalue weighted by atomic mass is 32.2. The predicted molar refractivity (Wildman–Crippen MR) is 68.2 cm³/mol. The summed E-state index contributed by atoms with van der Waals surface area (Å²) in [6, 6.07) is 4.02. The maximum Gasteiger partial charge on any atom is 0.238 e. The van der Waals surface area contributed by atoms with Crippen molar-refractivity contribution in [1.82, 2.24) is 0 Å². The number of rotatable bonds is 3. The van der Waals surface area contributed by atoms with E-state index >= 15 is 0 Å². The number of ketones is 1. The molecule has 7 heteroatoms. The molecule has 19 heavy (non-hydrogen) atoms. The Kier molecular flexibility index (Phi) is 4.78. The minimum absolute atomic E-state index is 0.0599. The van der Waals surface area contributed by atoms with E-state index in [1.807, 2.05) is 0 Å². The summed E-state index contributed by atoms with van der Waals surface area (Å²) in [6.07, 6.45) is -1.77. The Hall–Kier alpha value is -1.75. The van der Waals surface area contributed by atoms with Gasteiger partial charge in [0.05, 0.1) is 4.90 Å². The fourth-order valence-electron chi connectivity index (χ4n) is 1.18. The summed E-state index contributed by atoms with van der Waals surface area (Å²) in [6.45, 7) is 1.18. The van der Waals surface area contributed by atoms with Crippen LogP contribution in [0.15, 0.2) is 29.2 Å². The number of Topliss-reactive ketones (excluding diaryl/α,β-unsaturated/α-hetero) is 1. The zero-order chi connectivity index (χ0) is 14.6. The van der Waals surface area contributed by atoms with Crippen molar-refractivity contribution in [2.45, 2.75) is 24.0 Å². The minimum atomic E-state index is -3.76. The third-order valence-electron chi connectivity index (χ3n) is 2.32. The van der Waals surface area contributed by atoms with Crippen molar-refractivity contribution in [1.29, 1.82) is 0 Å². The van der Waals surface area contributed by atoms with Crippen LogP contribution in [0.25, 0.3) is 0 Å². The highest BCUT2D eigenvalue weighted by Gasteiger charge is 2.18. The first-order valence-corrected chi connectivity index (χ1v) is 6.81. The minimum Gasteiger partial charge on any atom is -0.318 e. The van der Waals surface area contributed by atoms with Gasteiger partial charge in [0.15, 0.2) is 6.17 Å². The van der Waals surface area contributed by atoms with Gasteiger partial charge in [0.25, 0.3) is 0 Å². The first-order chi connectivity index (χ1) is 8.71. The predicted octanol–water partition coefficient (Wildman–Crippen LogP) is -0.0601. The lowest BCUT2D eigenvalue weighted by Gasteiger charge is -2.06. The number of hydrogen-bond donors (Lipinski definition) is 2. The number of carbonyl (C=O) groups excluding carboxylic acids is 1. The second kappa shape index (κ2) is 5.93. The standard InChI is InChI=1S/C12H13FN2O3S/c1-8(16)12(14)11(13)7-4-9-2-5-10(6-3-9)19(15,17)18/h2-3,5-6,11-12H,14H2,1H3,(H2,15,17,18)/t11-,12-/m1/s1. The Labute approximate surface area is 110 Å². The molecule has 102 valence electrons. The van der Waals surface area contributed by atoms with Crippen LogP contribution in [0.2, 0.25) is 0 Å². The number of hydrogen-bond acceptors (Lipinski definition) is 4. The van der Waals surface area contributed by atoms with Gasteiger partial charge in [-0.1, -0.05) is 11.8 Å². The molecule has 0 heterocycles. The molecule has 0 bridgehead atoms. The quantitative estimate of drug-likeness (QED) is 0.759. The second-order valence-electron chi connectivity index (χ2n) is 3.88. The van der Waals surface area contributed by atoms with Gasteiger partial charge in [-0.05, 0) is 31.2 Å². The molecule has 5 nitrogen and oxygen atoms in total. The number of halogens is 1. The molecule has 0 aromatic heterocycles. The van der Waals surface area contributed by atoms with Crippen LogP contribution in [-0.4, -0.2) is 26.4 Å². The van der Waals surface area contributed by atoms with Crippen molar-refractivity contribution >= 4 is 15.8 Å². The molecule has 4 N–H and O–H groups in total. The van der Waals surface area contributed by atoms with E-state index in [-0.39, 0.29) is 4.90 Å². The van der Waals surface area contributed by atoms with Crippen molar-refractivity contribution < 1.29 is 17.6 Å². The molecule has 0 saturated heterocycles. The first-order valence-electron chi connectivity index (χ1n) is 5.26. The maximum absolute atomic E-state index is 13.4. The van der Waals surface area contributed by atoms with Crippen LogP contribution in [0.5, 0.6) is 0 Å². The number of benzene rings is 1. The Morgan fingerprint density at radius 2 is 1.84 bits per heavy atom. The van der Waals surface area contributed by atoms with Gasteiger partial charge in [0.1, 0.15) is 11.8 Å². The summed E-state index contributed by atoms with van der Waals surface area (Å²) in [4.78, 5) is 10.8. The number of alkyl halides is 1. The van der Waals surface area contributed by atoms with Gasteiger partial charge in [-0.15, -0.1) is 0 Å². The van der Waals surface area contributed by atoms with Gasteiger partial charge in [0.2, 0.25) is 10.0 Å². The summed E-state index contributed by atoms with van der Waals surface area (Å²) in [5.74, 6) is 4.17. The van der Waals surface area contributed by atoms with Crippen LogP contribution in [0.4, 0.5) is 4.39 Å². The SMILES string of the molecule is CC(=O)[C@@H](N)[C@H](F)C#Cc1ccc(S(N)(=O)=O)cc1. The number of sulfonamides is 1. The van der Waals surface area contributed by atoms with E-state index in [9.17, 15) is 17.6 Å². The van der Waals surface area contributed by atoms with E-state index in [2.05, 4.69) is 11.8 Å². The molecule has 1 aromatic carbocycles. The van der Waals surface area contributed by atoms with E-state index < -0.39 is 28.0 Å². The lowest BCUT2D eigenvalue weighted by Crippen LogP contribution is -2.37. The highest BCUT2D eigenvalue weighted by molar-refractivity contribution is 7.89. The third-order valence-corrected chi connectivity index (χ3v) is 3.25. The summed E-state index contributed by atoms with van der Waals surface area (Å²) in [7, 11) is -3.76. The molecule has 0 fully saturated rings. The summed E-state index contributed by atoms with van der Waals surface area (Å²) >= 11 is 0. The molecular weight excluding hydrogens is 271 g/mol. The van der Waals surface area contributed by atoms with Crippen molar-refractivity contribution in [3.8, 4) is 11.8 Å². The monoisotopic (exact) mass is 284 g/mol. The normalized spacial score (nSPS) is 14.1. The highest BCUT2D eigenvalue weighted by Crippen LogP contribution is 2.08. The molecule has 2 atom stereocenters. The molecule has 0 aliphatic heterocycles. The Bertz CT molecular complexity index is 629. The zero-order valence-corrected chi connectivity index (χ0v) is 10.9. The Balaban J connectivity index is 2.88. The van der Waals surface area contributed by atoms with Crippen molar-refractivity contribution in [3.05, 3.63) is 29.8 Å². The molecule has 0 spiro atoms. The third kappa shape index (κ3) is 4.44. The fourth-order valence-corrected chi connectivity index (χ4v) is 1.69. The summed E-state index contributed by atoms with van der Waals surface area (Å²) in [5, 5.41) is 4.92. The molecule has 0 saturated carbocycles. The van der Waals surface area contributed by atoms with Gasteiger partial charge in [-0.3, -0.25) is 4.79 Å². The number of carbonyl (C=O) groups is 1. The molecule has 0 amide bonds. The lowest BCUT2D eigenvalue weighted by molar-refractivity contribution is -0.119. The van der Waals surface area contributed by atoms with Gasteiger partial charge in [-0.2, -0.15) is 0 Å². The second-order valence-corrected chi connectivity index (χ2v) is 5.44. The van der Waals surface area contributed by atoms with Crippen LogP contribution < -0.4 is 10.9 Å². The van der Waals surface area contributed by atoms with Gasteiger partial charge in [0, 0.05) is 5.56 Å². The molecular formula is C12H13FN2O3S. The first kappa shape index (κ1) is 15.3. The van der Waals surface area contributed by atoms with Crippen LogP contribution in [0, 0.1) is 11.8 Å². The number of primary sulfonamides is 1. The van der Waals surface area contributed by atoms with Crippen molar-refractivity contribution in [3.63, 3.8) is 0 Å². The summed E-state index contributed by atoms with van der Waals surface area (Å²) < 4.78 is 35.4. The molecule has 0 aliphatic rings. The number of nitrogens with two attached hydrogens (primary N) is 2. The largest absolute Gasteiger partial charge is 0.318 e. The topological polar surface area (TPSA) is 103 Å². The fraction of sp³-hybridized carbons (Fsp3) is 0.250. The van der Waals surface area contributed by atoms with Crippen LogP contribution >= 0.6 is 0 Å². The Morgan fingerprint density at radius 1 is 1.32 bits per heavy atom. The molecule has 1 rings (SSSR count). The van der Waals surface area contributed by atoms with E-state index in [4.69, 9.17) is 10.9 Å². The van der Waals surface area contributed by atoms with Gasteiger partial charge >= 0.3 is 0 Å². The molecule has 1 aromatic rings. The van der Waals surface area contributed by atoms with Crippen molar-refractivity contribution in [2.24, 2.45) is 10.9 Å². The summed E-state index contributed by atoms with van der Waals surface area (Å²) in [5.41, 5.74) is 5.68. The van der Waals surface area contributed by atoms with Crippen LogP contribution in [0.3, 0.4) is 0 Å². The van der Waals surface area contributed by atoms with E-state index in [1.54, 1.807) is 0 Å². The molecule has 0 unspecified atom stereocenters. The van der Waals surface area contributed by atoms with Crippen molar-refractivity contribution in [2.75, 3.05) is 0 Å².